The third-order valence-corrected chi connectivity index (χ3v) is 3.58. The summed E-state index contributed by atoms with van der Waals surface area (Å²) in [6.45, 7) is 0.590. The van der Waals surface area contributed by atoms with E-state index in [9.17, 15) is 4.79 Å². The number of ether oxygens (including phenoxy) is 1. The zero-order valence-electron chi connectivity index (χ0n) is 10.9. The van der Waals surface area contributed by atoms with Gasteiger partial charge >= 0.3 is 0 Å². The lowest BCUT2D eigenvalue weighted by Crippen LogP contribution is -2.31. The molecule has 0 spiro atoms. The van der Waals surface area contributed by atoms with Gasteiger partial charge in [0.2, 0.25) is 5.91 Å². The molecule has 0 aliphatic heterocycles. The van der Waals surface area contributed by atoms with Crippen LogP contribution < -0.4 is 10.1 Å². The fourth-order valence-corrected chi connectivity index (χ4v) is 2.48. The van der Waals surface area contributed by atoms with Crippen LogP contribution in [0.1, 0.15) is 37.7 Å². The lowest BCUT2D eigenvalue weighted by Gasteiger charge is -2.20. The van der Waals surface area contributed by atoms with Crippen molar-refractivity contribution in [2.45, 2.75) is 38.6 Å². The van der Waals surface area contributed by atoms with E-state index >= 15 is 0 Å². The number of methoxy groups -OCH3 is 1. The Balaban J connectivity index is 1.84. The Hall–Kier alpha value is -1.51. The molecule has 98 valence electrons. The molecule has 1 fully saturated rings. The minimum atomic E-state index is 0.206. The first-order valence-corrected chi connectivity index (χ1v) is 6.70. The molecule has 1 N–H and O–H groups in total. The Kier molecular flexibility index (Phi) is 4.62. The molecule has 1 aliphatic rings. The average molecular weight is 247 g/mol. The Morgan fingerprint density at radius 1 is 1.33 bits per heavy atom. The van der Waals surface area contributed by atoms with Crippen molar-refractivity contribution in [3.8, 4) is 5.75 Å². The number of amides is 1. The van der Waals surface area contributed by atoms with Gasteiger partial charge in [-0.3, -0.25) is 4.79 Å². The zero-order chi connectivity index (χ0) is 12.8. The second-order valence-electron chi connectivity index (χ2n) is 4.90. The van der Waals surface area contributed by atoms with Gasteiger partial charge in [-0.2, -0.15) is 0 Å². The fourth-order valence-electron chi connectivity index (χ4n) is 2.48. The van der Waals surface area contributed by atoms with Gasteiger partial charge in [0.15, 0.2) is 0 Å². The van der Waals surface area contributed by atoms with E-state index in [-0.39, 0.29) is 11.8 Å². The first-order valence-electron chi connectivity index (χ1n) is 6.70. The van der Waals surface area contributed by atoms with Gasteiger partial charge in [-0.15, -0.1) is 0 Å². The van der Waals surface area contributed by atoms with Gasteiger partial charge in [0.1, 0.15) is 5.75 Å². The number of hydrogen-bond donors (Lipinski definition) is 1. The number of rotatable bonds is 4. The number of carbonyl (C=O) groups is 1. The molecule has 1 amide bonds. The number of benzene rings is 1. The van der Waals surface area contributed by atoms with Crippen molar-refractivity contribution in [3.63, 3.8) is 0 Å². The molecule has 1 aromatic rings. The topological polar surface area (TPSA) is 38.3 Å². The molecular weight excluding hydrogens is 226 g/mol. The van der Waals surface area contributed by atoms with Crippen molar-refractivity contribution < 1.29 is 9.53 Å². The summed E-state index contributed by atoms with van der Waals surface area (Å²) in [5, 5.41) is 3.03. The minimum absolute atomic E-state index is 0.206. The normalized spacial score (nSPS) is 16.3. The van der Waals surface area contributed by atoms with Crippen molar-refractivity contribution in [3.05, 3.63) is 29.8 Å². The maximum atomic E-state index is 12.0. The van der Waals surface area contributed by atoms with Crippen molar-refractivity contribution in [2.75, 3.05) is 7.11 Å². The van der Waals surface area contributed by atoms with E-state index in [4.69, 9.17) is 4.74 Å². The Morgan fingerprint density at radius 2 is 2.11 bits per heavy atom. The third-order valence-electron chi connectivity index (χ3n) is 3.58. The molecule has 0 atom stereocenters. The van der Waals surface area contributed by atoms with E-state index in [1.165, 1.54) is 19.3 Å². The number of carbonyl (C=O) groups excluding carboxylic acids is 1. The second kappa shape index (κ2) is 6.43. The van der Waals surface area contributed by atoms with Crippen LogP contribution in [0, 0.1) is 5.92 Å². The number of nitrogens with one attached hydrogen (secondary N) is 1. The predicted octanol–water partition coefficient (Wildman–Crippen LogP) is 2.89. The summed E-state index contributed by atoms with van der Waals surface area (Å²) in [7, 11) is 1.65. The van der Waals surface area contributed by atoms with E-state index in [1.54, 1.807) is 7.11 Å². The SMILES string of the molecule is COc1cccc(CNC(=O)C2CCCCC2)c1. The molecule has 1 aliphatic carbocycles. The van der Waals surface area contributed by atoms with Gasteiger partial charge < -0.3 is 10.1 Å². The maximum Gasteiger partial charge on any atom is 0.223 e. The minimum Gasteiger partial charge on any atom is -0.497 e. The van der Waals surface area contributed by atoms with Crippen LogP contribution in [0.3, 0.4) is 0 Å². The Labute approximate surface area is 109 Å². The van der Waals surface area contributed by atoms with Crippen molar-refractivity contribution >= 4 is 5.91 Å². The summed E-state index contributed by atoms with van der Waals surface area (Å²) in [4.78, 5) is 12.0. The molecule has 3 heteroatoms. The molecule has 0 unspecified atom stereocenters. The standard InChI is InChI=1S/C15H21NO2/c1-18-14-9-5-6-12(10-14)11-16-15(17)13-7-3-2-4-8-13/h5-6,9-10,13H,2-4,7-8,11H2,1H3,(H,16,17). The molecule has 0 bridgehead atoms. The summed E-state index contributed by atoms with van der Waals surface area (Å²) in [6.07, 6.45) is 5.75. The summed E-state index contributed by atoms with van der Waals surface area (Å²) < 4.78 is 5.17. The van der Waals surface area contributed by atoms with E-state index in [0.717, 1.165) is 24.2 Å². The average Bonchev–Trinajstić information content (AvgIpc) is 2.46. The van der Waals surface area contributed by atoms with Crippen LogP contribution in [-0.4, -0.2) is 13.0 Å². The highest BCUT2D eigenvalue weighted by atomic mass is 16.5. The van der Waals surface area contributed by atoms with E-state index in [2.05, 4.69) is 5.32 Å². The second-order valence-corrected chi connectivity index (χ2v) is 4.90. The molecule has 3 nitrogen and oxygen atoms in total. The van der Waals surface area contributed by atoms with Gasteiger partial charge in [0.25, 0.3) is 0 Å². The summed E-state index contributed by atoms with van der Waals surface area (Å²) in [5.41, 5.74) is 1.08. The van der Waals surface area contributed by atoms with Gasteiger partial charge in [0, 0.05) is 12.5 Å². The molecule has 1 saturated carbocycles. The van der Waals surface area contributed by atoms with Crippen LogP contribution in [0.2, 0.25) is 0 Å². The van der Waals surface area contributed by atoms with Crippen molar-refractivity contribution in [2.24, 2.45) is 5.92 Å². The first kappa shape index (κ1) is 12.9. The lowest BCUT2D eigenvalue weighted by atomic mass is 9.88. The van der Waals surface area contributed by atoms with Crippen molar-refractivity contribution in [1.29, 1.82) is 0 Å². The summed E-state index contributed by atoms with van der Waals surface area (Å²) in [6, 6.07) is 7.82. The smallest absolute Gasteiger partial charge is 0.223 e. The van der Waals surface area contributed by atoms with E-state index in [1.807, 2.05) is 24.3 Å². The predicted molar refractivity (Wildman–Crippen MR) is 71.4 cm³/mol. The Bertz CT molecular complexity index is 397. The zero-order valence-corrected chi connectivity index (χ0v) is 10.9. The van der Waals surface area contributed by atoms with E-state index < -0.39 is 0 Å². The van der Waals surface area contributed by atoms with Gasteiger partial charge in [-0.25, -0.2) is 0 Å². The first-order chi connectivity index (χ1) is 8.79. The highest BCUT2D eigenvalue weighted by molar-refractivity contribution is 5.78. The van der Waals surface area contributed by atoms with Gasteiger partial charge in [-0.1, -0.05) is 31.4 Å². The van der Waals surface area contributed by atoms with Crippen LogP contribution in [0.5, 0.6) is 5.75 Å². The van der Waals surface area contributed by atoms with Crippen molar-refractivity contribution in [1.82, 2.24) is 5.32 Å². The molecule has 0 saturated heterocycles. The monoisotopic (exact) mass is 247 g/mol. The fraction of sp³-hybridized carbons (Fsp3) is 0.533. The summed E-state index contributed by atoms with van der Waals surface area (Å²) in [5.74, 6) is 1.27. The van der Waals surface area contributed by atoms with Gasteiger partial charge in [-0.05, 0) is 30.5 Å². The van der Waals surface area contributed by atoms with E-state index in [0.29, 0.717) is 6.54 Å². The van der Waals surface area contributed by atoms with Gasteiger partial charge in [0.05, 0.1) is 7.11 Å². The lowest BCUT2D eigenvalue weighted by molar-refractivity contribution is -0.126. The third kappa shape index (κ3) is 3.49. The van der Waals surface area contributed by atoms with Crippen LogP contribution >= 0.6 is 0 Å². The molecule has 0 radical (unpaired) electrons. The maximum absolute atomic E-state index is 12.0. The van der Waals surface area contributed by atoms with Crippen LogP contribution in [0.25, 0.3) is 0 Å². The van der Waals surface area contributed by atoms with Crippen LogP contribution in [-0.2, 0) is 11.3 Å². The highest BCUT2D eigenvalue weighted by Gasteiger charge is 2.20. The molecule has 2 rings (SSSR count). The molecule has 18 heavy (non-hydrogen) atoms. The number of hydrogen-bond acceptors (Lipinski definition) is 2. The Morgan fingerprint density at radius 3 is 2.83 bits per heavy atom. The van der Waals surface area contributed by atoms with Crippen LogP contribution in [0.4, 0.5) is 0 Å². The molecular formula is C15H21NO2. The van der Waals surface area contributed by atoms with Crippen LogP contribution in [0.15, 0.2) is 24.3 Å². The summed E-state index contributed by atoms with van der Waals surface area (Å²) >= 11 is 0. The highest BCUT2D eigenvalue weighted by Crippen LogP contribution is 2.23. The molecule has 0 heterocycles. The molecule has 1 aromatic carbocycles. The quantitative estimate of drug-likeness (QED) is 0.888. The molecule has 0 aromatic heterocycles. The largest absolute Gasteiger partial charge is 0.497 e.